The van der Waals surface area contributed by atoms with Crippen molar-refractivity contribution in [2.24, 2.45) is 17.1 Å². The minimum Gasteiger partial charge on any atom is -0.340 e. The summed E-state index contributed by atoms with van der Waals surface area (Å²) < 4.78 is 0. The molecule has 18 heavy (non-hydrogen) atoms. The standard InChI is InChI=1S/C14H29N3O/c1-5-14(4,11-15)13(18)17-8-6-16(7-9-17)10-12(2)3/h12H,5-11,15H2,1-4H3. The molecule has 2 N–H and O–H groups in total. The molecule has 0 aromatic carbocycles. The molecule has 0 radical (unpaired) electrons. The number of nitrogens with two attached hydrogens (primary N) is 1. The summed E-state index contributed by atoms with van der Waals surface area (Å²) in [5.74, 6) is 0.925. The second kappa shape index (κ2) is 6.53. The minimum absolute atomic E-state index is 0.233. The van der Waals surface area contributed by atoms with Crippen molar-refractivity contribution < 1.29 is 4.79 Å². The van der Waals surface area contributed by atoms with E-state index >= 15 is 0 Å². The van der Waals surface area contributed by atoms with Gasteiger partial charge >= 0.3 is 0 Å². The second-order valence-corrected chi connectivity index (χ2v) is 6.10. The fourth-order valence-electron chi connectivity index (χ4n) is 2.41. The Bertz CT molecular complexity index is 266. The number of piperazine rings is 1. The van der Waals surface area contributed by atoms with E-state index in [1.807, 2.05) is 18.7 Å². The van der Waals surface area contributed by atoms with Gasteiger partial charge in [-0.1, -0.05) is 20.8 Å². The van der Waals surface area contributed by atoms with Crippen LogP contribution in [0.2, 0.25) is 0 Å². The molecule has 0 bridgehead atoms. The van der Waals surface area contributed by atoms with Crippen molar-refractivity contribution >= 4 is 5.91 Å². The average Bonchev–Trinajstić information content (AvgIpc) is 2.37. The number of hydrogen-bond donors (Lipinski definition) is 1. The fourth-order valence-corrected chi connectivity index (χ4v) is 2.41. The number of carbonyl (C=O) groups is 1. The van der Waals surface area contributed by atoms with E-state index in [0.29, 0.717) is 12.5 Å². The quantitative estimate of drug-likeness (QED) is 0.802. The van der Waals surface area contributed by atoms with Crippen molar-refractivity contribution in [2.75, 3.05) is 39.3 Å². The zero-order valence-corrected chi connectivity index (χ0v) is 12.4. The predicted octanol–water partition coefficient (Wildman–Crippen LogP) is 1.16. The van der Waals surface area contributed by atoms with Gasteiger partial charge in [0, 0.05) is 39.3 Å². The molecule has 1 atom stereocenters. The van der Waals surface area contributed by atoms with E-state index in [0.717, 1.165) is 39.1 Å². The third kappa shape index (κ3) is 3.69. The van der Waals surface area contributed by atoms with Gasteiger partial charge in [0.25, 0.3) is 0 Å². The lowest BCUT2D eigenvalue weighted by atomic mass is 9.86. The topological polar surface area (TPSA) is 49.6 Å². The van der Waals surface area contributed by atoms with Gasteiger partial charge in [0.05, 0.1) is 5.41 Å². The van der Waals surface area contributed by atoms with Crippen molar-refractivity contribution in [2.45, 2.75) is 34.1 Å². The van der Waals surface area contributed by atoms with E-state index in [4.69, 9.17) is 5.73 Å². The van der Waals surface area contributed by atoms with Gasteiger partial charge < -0.3 is 10.6 Å². The zero-order valence-electron chi connectivity index (χ0n) is 12.4. The summed E-state index contributed by atoms with van der Waals surface area (Å²) in [6.07, 6.45) is 0.814. The Hall–Kier alpha value is -0.610. The molecule has 1 unspecified atom stereocenters. The molecule has 1 fully saturated rings. The highest BCUT2D eigenvalue weighted by Crippen LogP contribution is 2.23. The van der Waals surface area contributed by atoms with Gasteiger partial charge in [-0.15, -0.1) is 0 Å². The summed E-state index contributed by atoms with van der Waals surface area (Å²) in [5, 5.41) is 0. The first kappa shape index (κ1) is 15.4. The van der Waals surface area contributed by atoms with Crippen molar-refractivity contribution in [3.8, 4) is 0 Å². The molecule has 0 aliphatic carbocycles. The highest BCUT2D eigenvalue weighted by molar-refractivity contribution is 5.82. The normalized spacial score (nSPS) is 21.1. The van der Waals surface area contributed by atoms with E-state index in [9.17, 15) is 4.79 Å². The van der Waals surface area contributed by atoms with E-state index in [1.54, 1.807) is 0 Å². The molecule has 4 heteroatoms. The van der Waals surface area contributed by atoms with Gasteiger partial charge in [0.1, 0.15) is 0 Å². The lowest BCUT2D eigenvalue weighted by molar-refractivity contribution is -0.142. The van der Waals surface area contributed by atoms with Crippen LogP contribution in [-0.2, 0) is 4.79 Å². The molecule has 1 aliphatic rings. The fraction of sp³-hybridized carbons (Fsp3) is 0.929. The van der Waals surface area contributed by atoms with Gasteiger partial charge in [0.15, 0.2) is 0 Å². The second-order valence-electron chi connectivity index (χ2n) is 6.10. The first-order valence-corrected chi connectivity index (χ1v) is 7.14. The molecule has 0 aromatic heterocycles. The van der Waals surface area contributed by atoms with Crippen LogP contribution in [0, 0.1) is 11.3 Å². The summed E-state index contributed by atoms with van der Waals surface area (Å²) >= 11 is 0. The molecule has 0 spiro atoms. The van der Waals surface area contributed by atoms with Crippen LogP contribution in [0.5, 0.6) is 0 Å². The smallest absolute Gasteiger partial charge is 0.229 e. The molecule has 1 heterocycles. The monoisotopic (exact) mass is 255 g/mol. The minimum atomic E-state index is -0.375. The SMILES string of the molecule is CCC(C)(CN)C(=O)N1CCN(CC(C)C)CC1. The number of amides is 1. The summed E-state index contributed by atoms with van der Waals surface area (Å²) in [6, 6.07) is 0. The van der Waals surface area contributed by atoms with Crippen LogP contribution >= 0.6 is 0 Å². The Morgan fingerprint density at radius 2 is 1.83 bits per heavy atom. The first-order chi connectivity index (χ1) is 8.42. The van der Waals surface area contributed by atoms with E-state index in [2.05, 4.69) is 18.7 Å². The van der Waals surface area contributed by atoms with Crippen LogP contribution < -0.4 is 5.73 Å². The van der Waals surface area contributed by atoms with Crippen molar-refractivity contribution in [3.05, 3.63) is 0 Å². The van der Waals surface area contributed by atoms with Crippen LogP contribution in [0.15, 0.2) is 0 Å². The maximum Gasteiger partial charge on any atom is 0.229 e. The van der Waals surface area contributed by atoms with Crippen molar-refractivity contribution in [3.63, 3.8) is 0 Å². The van der Waals surface area contributed by atoms with E-state index in [1.165, 1.54) is 0 Å². The number of rotatable bonds is 5. The highest BCUT2D eigenvalue weighted by Gasteiger charge is 2.34. The molecule has 1 saturated heterocycles. The largest absolute Gasteiger partial charge is 0.340 e. The van der Waals surface area contributed by atoms with E-state index < -0.39 is 0 Å². The maximum atomic E-state index is 12.4. The maximum absolute atomic E-state index is 12.4. The van der Waals surface area contributed by atoms with Crippen molar-refractivity contribution in [1.82, 2.24) is 9.80 Å². The highest BCUT2D eigenvalue weighted by atomic mass is 16.2. The van der Waals surface area contributed by atoms with Gasteiger partial charge in [-0.3, -0.25) is 9.69 Å². The molecule has 1 rings (SSSR count). The molecule has 0 saturated carbocycles. The van der Waals surface area contributed by atoms with Crippen LogP contribution in [0.1, 0.15) is 34.1 Å². The molecular weight excluding hydrogens is 226 g/mol. The number of hydrogen-bond acceptors (Lipinski definition) is 3. The summed E-state index contributed by atoms with van der Waals surface area (Å²) in [7, 11) is 0. The molecule has 0 aromatic rings. The van der Waals surface area contributed by atoms with Gasteiger partial charge in [-0.2, -0.15) is 0 Å². The van der Waals surface area contributed by atoms with Gasteiger partial charge in [-0.25, -0.2) is 0 Å². The summed E-state index contributed by atoms with van der Waals surface area (Å²) in [6.45, 7) is 13.7. The number of carbonyl (C=O) groups excluding carboxylic acids is 1. The van der Waals surface area contributed by atoms with E-state index in [-0.39, 0.29) is 11.3 Å². The Morgan fingerprint density at radius 3 is 2.22 bits per heavy atom. The first-order valence-electron chi connectivity index (χ1n) is 7.14. The lowest BCUT2D eigenvalue weighted by Crippen LogP contribution is -2.54. The molecule has 1 amide bonds. The Kier molecular flexibility index (Phi) is 5.60. The van der Waals surface area contributed by atoms with Crippen LogP contribution in [-0.4, -0.2) is 55.0 Å². The van der Waals surface area contributed by atoms with Crippen molar-refractivity contribution in [1.29, 1.82) is 0 Å². The average molecular weight is 255 g/mol. The molecule has 4 nitrogen and oxygen atoms in total. The molecule has 106 valence electrons. The summed E-state index contributed by atoms with van der Waals surface area (Å²) in [4.78, 5) is 16.9. The third-order valence-electron chi connectivity index (χ3n) is 4.03. The Morgan fingerprint density at radius 1 is 1.28 bits per heavy atom. The van der Waals surface area contributed by atoms with Crippen LogP contribution in [0.3, 0.4) is 0 Å². The number of nitrogens with zero attached hydrogens (tertiary/aromatic N) is 2. The van der Waals surface area contributed by atoms with Gasteiger partial charge in [-0.05, 0) is 19.3 Å². The third-order valence-corrected chi connectivity index (χ3v) is 4.03. The zero-order chi connectivity index (χ0) is 13.8. The Labute approximate surface area is 111 Å². The lowest BCUT2D eigenvalue weighted by Gasteiger charge is -2.39. The molecule has 1 aliphatic heterocycles. The Balaban J connectivity index is 2.50. The van der Waals surface area contributed by atoms with Crippen LogP contribution in [0.25, 0.3) is 0 Å². The summed E-state index contributed by atoms with van der Waals surface area (Å²) in [5.41, 5.74) is 5.39. The predicted molar refractivity (Wildman–Crippen MR) is 75.3 cm³/mol. The van der Waals surface area contributed by atoms with Gasteiger partial charge in [0.2, 0.25) is 5.91 Å². The van der Waals surface area contributed by atoms with Crippen LogP contribution in [0.4, 0.5) is 0 Å². The molecular formula is C14H29N3O.